The molecular weight excluding hydrogens is 188 g/mol. The fourth-order valence-electron chi connectivity index (χ4n) is 0.727. The molecule has 0 aliphatic rings. The molecule has 0 aromatic carbocycles. The van der Waals surface area contributed by atoms with Crippen LogP contribution in [0.4, 0.5) is 0 Å². The monoisotopic (exact) mass is 200 g/mol. The van der Waals surface area contributed by atoms with E-state index < -0.39 is 12.1 Å². The molecule has 6 heteroatoms. The van der Waals surface area contributed by atoms with Crippen LogP contribution < -0.4 is 10.6 Å². The molecule has 0 atom stereocenters. The first-order valence-corrected chi connectivity index (χ1v) is 3.92. The Bertz CT molecular complexity index is 229. The summed E-state index contributed by atoms with van der Waals surface area (Å²) in [7, 11) is 0. The highest BCUT2D eigenvalue weighted by Crippen LogP contribution is 1.98. The molecule has 14 heavy (non-hydrogen) atoms. The van der Waals surface area contributed by atoms with Gasteiger partial charge in [0.2, 0.25) is 12.8 Å². The van der Waals surface area contributed by atoms with E-state index in [0.29, 0.717) is 12.8 Å². The molecule has 0 aliphatic carbocycles. The molecule has 0 saturated carbocycles. The number of ether oxygens (including phenoxy) is 1. The van der Waals surface area contributed by atoms with Crippen molar-refractivity contribution >= 4 is 18.8 Å². The average Bonchev–Trinajstić information content (AvgIpc) is 2.17. The molecule has 2 N–H and O–H groups in total. The number of hydrogen-bond acceptors (Lipinski definition) is 4. The van der Waals surface area contributed by atoms with Crippen LogP contribution in [0.2, 0.25) is 0 Å². The number of nitrogens with one attached hydrogen (secondary N) is 2. The van der Waals surface area contributed by atoms with E-state index in [2.05, 4.69) is 21.9 Å². The summed E-state index contributed by atoms with van der Waals surface area (Å²) in [5.41, 5.74) is -0.0361. The zero-order valence-corrected chi connectivity index (χ0v) is 7.78. The van der Waals surface area contributed by atoms with E-state index in [9.17, 15) is 14.4 Å². The highest BCUT2D eigenvalue weighted by atomic mass is 16.5. The first-order chi connectivity index (χ1) is 6.67. The van der Waals surface area contributed by atoms with Crippen molar-refractivity contribution in [3.63, 3.8) is 0 Å². The van der Waals surface area contributed by atoms with Crippen molar-refractivity contribution in [2.24, 2.45) is 0 Å². The first kappa shape index (κ1) is 12.2. The van der Waals surface area contributed by atoms with Gasteiger partial charge in [-0.3, -0.25) is 9.59 Å². The molecule has 0 saturated heterocycles. The van der Waals surface area contributed by atoms with Gasteiger partial charge in [-0.1, -0.05) is 6.58 Å². The van der Waals surface area contributed by atoms with E-state index in [1.807, 2.05) is 0 Å². The summed E-state index contributed by atoms with van der Waals surface area (Å²) < 4.78 is 4.63. The Morgan fingerprint density at radius 1 is 1.43 bits per heavy atom. The Labute approximate surface area is 81.3 Å². The Hall–Kier alpha value is -1.85. The van der Waals surface area contributed by atoms with Crippen LogP contribution in [0.3, 0.4) is 0 Å². The van der Waals surface area contributed by atoms with Crippen LogP contribution in [0.5, 0.6) is 0 Å². The number of rotatable bonds is 7. The Morgan fingerprint density at radius 3 is 2.29 bits per heavy atom. The quantitative estimate of drug-likeness (QED) is 0.237. The van der Waals surface area contributed by atoms with Crippen molar-refractivity contribution in [2.45, 2.75) is 13.1 Å². The van der Waals surface area contributed by atoms with Gasteiger partial charge in [0.15, 0.2) is 0 Å². The SMILES string of the molecule is C=C(C(=O)OCC)C(NC=O)NC=O. The molecule has 0 aromatic heterocycles. The van der Waals surface area contributed by atoms with E-state index in [-0.39, 0.29) is 12.2 Å². The Morgan fingerprint density at radius 2 is 1.93 bits per heavy atom. The van der Waals surface area contributed by atoms with Crippen LogP contribution in [0.25, 0.3) is 0 Å². The fourth-order valence-corrected chi connectivity index (χ4v) is 0.727. The first-order valence-electron chi connectivity index (χ1n) is 3.92. The van der Waals surface area contributed by atoms with Crippen molar-refractivity contribution in [1.29, 1.82) is 0 Å². The molecular formula is C8H12N2O4. The van der Waals surface area contributed by atoms with E-state index >= 15 is 0 Å². The minimum atomic E-state index is -0.927. The highest BCUT2D eigenvalue weighted by molar-refractivity contribution is 5.89. The maximum Gasteiger partial charge on any atom is 0.337 e. The molecule has 0 rings (SSSR count). The van der Waals surface area contributed by atoms with Crippen molar-refractivity contribution in [2.75, 3.05) is 6.61 Å². The zero-order valence-electron chi connectivity index (χ0n) is 7.78. The third kappa shape index (κ3) is 3.70. The number of esters is 1. The second-order valence-corrected chi connectivity index (χ2v) is 2.25. The minimum absolute atomic E-state index is 0.0361. The van der Waals surface area contributed by atoms with Crippen molar-refractivity contribution in [3.05, 3.63) is 12.2 Å². The van der Waals surface area contributed by atoms with Crippen LogP contribution >= 0.6 is 0 Å². The molecule has 0 unspecified atom stereocenters. The molecule has 0 bridgehead atoms. The van der Waals surface area contributed by atoms with Crippen LogP contribution in [-0.4, -0.2) is 31.6 Å². The summed E-state index contributed by atoms with van der Waals surface area (Å²) >= 11 is 0. The molecule has 78 valence electrons. The van der Waals surface area contributed by atoms with Gasteiger partial charge in [-0.05, 0) is 6.92 Å². The molecule has 0 spiro atoms. The smallest absolute Gasteiger partial charge is 0.337 e. The molecule has 2 amide bonds. The fraction of sp³-hybridized carbons (Fsp3) is 0.375. The van der Waals surface area contributed by atoms with Gasteiger partial charge >= 0.3 is 5.97 Å². The van der Waals surface area contributed by atoms with E-state index in [1.165, 1.54) is 0 Å². The average molecular weight is 200 g/mol. The maximum absolute atomic E-state index is 11.1. The topological polar surface area (TPSA) is 84.5 Å². The lowest BCUT2D eigenvalue weighted by molar-refractivity contribution is -0.138. The third-order valence-electron chi connectivity index (χ3n) is 1.36. The van der Waals surface area contributed by atoms with Crippen molar-refractivity contribution in [1.82, 2.24) is 10.6 Å². The largest absolute Gasteiger partial charge is 0.463 e. The summed E-state index contributed by atoms with van der Waals surface area (Å²) in [6.07, 6.45) is -0.221. The Kier molecular flexibility index (Phi) is 5.77. The highest BCUT2D eigenvalue weighted by Gasteiger charge is 2.18. The Balaban J connectivity index is 4.33. The standard InChI is InChI=1S/C8H12N2O4/c1-3-14-8(13)6(2)7(9-4-11)10-5-12/h4-5,7H,2-3H2,1H3,(H,9,11)(H,10,12). The van der Waals surface area contributed by atoms with E-state index in [1.54, 1.807) is 6.92 Å². The van der Waals surface area contributed by atoms with Gasteiger partial charge in [-0.15, -0.1) is 0 Å². The van der Waals surface area contributed by atoms with Gasteiger partial charge in [-0.2, -0.15) is 0 Å². The summed E-state index contributed by atoms with van der Waals surface area (Å²) in [6.45, 7) is 5.23. The summed E-state index contributed by atoms with van der Waals surface area (Å²) in [5.74, 6) is -0.666. The van der Waals surface area contributed by atoms with Crippen molar-refractivity contribution < 1.29 is 19.1 Å². The van der Waals surface area contributed by atoms with Gasteiger partial charge < -0.3 is 15.4 Å². The summed E-state index contributed by atoms with van der Waals surface area (Å²) in [4.78, 5) is 31.3. The lowest BCUT2D eigenvalue weighted by Crippen LogP contribution is -2.44. The second kappa shape index (κ2) is 6.64. The molecule has 6 nitrogen and oxygen atoms in total. The van der Waals surface area contributed by atoms with Gasteiger partial charge in [0, 0.05) is 0 Å². The summed E-state index contributed by atoms with van der Waals surface area (Å²) in [5, 5.41) is 4.40. The lowest BCUT2D eigenvalue weighted by atomic mass is 10.2. The molecule has 0 heterocycles. The number of amides is 2. The van der Waals surface area contributed by atoms with Crippen LogP contribution in [-0.2, 0) is 19.1 Å². The predicted molar refractivity (Wildman–Crippen MR) is 48.0 cm³/mol. The number of carbonyl (C=O) groups excluding carboxylic acids is 3. The van der Waals surface area contributed by atoms with E-state index in [0.717, 1.165) is 0 Å². The number of carbonyl (C=O) groups is 3. The van der Waals surface area contributed by atoms with Gasteiger partial charge in [-0.25, -0.2) is 4.79 Å². The van der Waals surface area contributed by atoms with Crippen LogP contribution in [0.15, 0.2) is 12.2 Å². The predicted octanol–water partition coefficient (Wildman–Crippen LogP) is -1.08. The lowest BCUT2D eigenvalue weighted by Gasteiger charge is -2.16. The summed E-state index contributed by atoms with van der Waals surface area (Å²) in [6, 6.07) is 0. The third-order valence-corrected chi connectivity index (χ3v) is 1.36. The maximum atomic E-state index is 11.1. The second-order valence-electron chi connectivity index (χ2n) is 2.25. The molecule has 0 aliphatic heterocycles. The minimum Gasteiger partial charge on any atom is -0.463 e. The van der Waals surface area contributed by atoms with Crippen LogP contribution in [0.1, 0.15) is 6.92 Å². The molecule has 0 aromatic rings. The van der Waals surface area contributed by atoms with Crippen molar-refractivity contribution in [3.8, 4) is 0 Å². The number of hydrogen-bond donors (Lipinski definition) is 2. The molecule has 0 radical (unpaired) electrons. The normalized spacial score (nSPS) is 9.00. The zero-order chi connectivity index (χ0) is 11.0. The van der Waals surface area contributed by atoms with Gasteiger partial charge in [0.25, 0.3) is 0 Å². The molecule has 0 fully saturated rings. The van der Waals surface area contributed by atoms with Crippen LogP contribution in [0, 0.1) is 0 Å². The van der Waals surface area contributed by atoms with Gasteiger partial charge in [0.1, 0.15) is 6.17 Å². The van der Waals surface area contributed by atoms with E-state index in [4.69, 9.17) is 0 Å². The van der Waals surface area contributed by atoms with Gasteiger partial charge in [0.05, 0.1) is 12.2 Å².